The van der Waals surface area contributed by atoms with Gasteiger partial charge in [0.1, 0.15) is 5.65 Å². The Balaban J connectivity index is 1.90. The monoisotopic (exact) mass is 287 g/mol. The molecule has 0 bridgehead atoms. The van der Waals surface area contributed by atoms with Crippen LogP contribution in [0.3, 0.4) is 0 Å². The molecule has 2 aromatic heterocycles. The van der Waals surface area contributed by atoms with Gasteiger partial charge in [-0.3, -0.25) is 4.79 Å². The summed E-state index contributed by atoms with van der Waals surface area (Å²) in [6.07, 6.45) is 8.82. The zero-order chi connectivity index (χ0) is 14.8. The quantitative estimate of drug-likeness (QED) is 0.939. The van der Waals surface area contributed by atoms with Crippen LogP contribution in [0.4, 0.5) is 5.69 Å². The van der Waals surface area contributed by atoms with E-state index in [1.807, 2.05) is 16.7 Å². The van der Waals surface area contributed by atoms with Gasteiger partial charge in [-0.05, 0) is 37.8 Å². The maximum absolute atomic E-state index is 10.8. The molecular formula is C16H21N3O2. The molecule has 1 unspecified atom stereocenters. The molecule has 0 amide bonds. The van der Waals surface area contributed by atoms with Crippen LogP contribution in [0, 0.1) is 0 Å². The Kier molecular flexibility index (Phi) is 3.82. The normalized spacial score (nSPS) is 19.1. The van der Waals surface area contributed by atoms with E-state index in [1.54, 1.807) is 0 Å². The molecule has 0 aliphatic carbocycles. The standard InChI is InChI=1S/C16H21N3O2/c1-2-13-5-3-4-8-19(13)14-6-7-15-17-12(9-16(20)21)10-18(15)11-14/h6-7,10-11,13H,2-5,8-9H2,1H3,(H,20,21). The lowest BCUT2D eigenvalue weighted by molar-refractivity contribution is -0.136. The van der Waals surface area contributed by atoms with Crippen LogP contribution in [0.2, 0.25) is 0 Å². The van der Waals surface area contributed by atoms with Crippen molar-refractivity contribution >= 4 is 17.3 Å². The number of aromatic nitrogens is 2. The van der Waals surface area contributed by atoms with E-state index in [0.717, 1.165) is 18.6 Å². The number of nitrogens with zero attached hydrogens (tertiary/aromatic N) is 3. The topological polar surface area (TPSA) is 57.8 Å². The summed E-state index contributed by atoms with van der Waals surface area (Å²) in [7, 11) is 0. The molecule has 0 aromatic carbocycles. The molecule has 5 nitrogen and oxygen atoms in total. The molecule has 0 saturated carbocycles. The van der Waals surface area contributed by atoms with Crippen LogP contribution in [0.1, 0.15) is 38.3 Å². The molecule has 2 aromatic rings. The zero-order valence-electron chi connectivity index (χ0n) is 12.3. The molecular weight excluding hydrogens is 266 g/mol. The third kappa shape index (κ3) is 2.86. The highest BCUT2D eigenvalue weighted by Gasteiger charge is 2.21. The van der Waals surface area contributed by atoms with Gasteiger partial charge >= 0.3 is 5.97 Å². The van der Waals surface area contributed by atoms with Gasteiger partial charge in [0.05, 0.1) is 17.8 Å². The highest BCUT2D eigenvalue weighted by Crippen LogP contribution is 2.26. The second kappa shape index (κ2) is 5.76. The molecule has 5 heteroatoms. The second-order valence-electron chi connectivity index (χ2n) is 5.71. The minimum absolute atomic E-state index is 0.0295. The lowest BCUT2D eigenvalue weighted by atomic mass is 9.99. The maximum Gasteiger partial charge on any atom is 0.309 e. The lowest BCUT2D eigenvalue weighted by Crippen LogP contribution is -2.39. The third-order valence-electron chi connectivity index (χ3n) is 4.25. The van der Waals surface area contributed by atoms with Crippen molar-refractivity contribution in [3.8, 4) is 0 Å². The highest BCUT2D eigenvalue weighted by atomic mass is 16.4. The fourth-order valence-corrected chi connectivity index (χ4v) is 3.21. The predicted molar refractivity (Wildman–Crippen MR) is 81.8 cm³/mol. The minimum atomic E-state index is -0.847. The summed E-state index contributed by atoms with van der Waals surface area (Å²) in [6.45, 7) is 3.34. The molecule has 21 heavy (non-hydrogen) atoms. The fourth-order valence-electron chi connectivity index (χ4n) is 3.21. The molecule has 1 fully saturated rings. The van der Waals surface area contributed by atoms with Crippen molar-refractivity contribution in [1.82, 2.24) is 9.38 Å². The number of anilines is 1. The summed E-state index contributed by atoms with van der Waals surface area (Å²) < 4.78 is 1.94. The van der Waals surface area contributed by atoms with Crippen LogP contribution in [-0.4, -0.2) is 33.0 Å². The van der Waals surface area contributed by atoms with E-state index >= 15 is 0 Å². The molecule has 0 radical (unpaired) electrons. The van der Waals surface area contributed by atoms with Gasteiger partial charge < -0.3 is 14.4 Å². The summed E-state index contributed by atoms with van der Waals surface area (Å²) in [4.78, 5) is 17.6. The van der Waals surface area contributed by atoms with Crippen molar-refractivity contribution in [1.29, 1.82) is 0 Å². The van der Waals surface area contributed by atoms with Gasteiger partial charge in [0.15, 0.2) is 0 Å². The number of imidazole rings is 1. The molecule has 112 valence electrons. The molecule has 1 saturated heterocycles. The van der Waals surface area contributed by atoms with Gasteiger partial charge in [-0.2, -0.15) is 0 Å². The second-order valence-corrected chi connectivity index (χ2v) is 5.71. The van der Waals surface area contributed by atoms with Gasteiger partial charge in [-0.15, -0.1) is 0 Å². The first-order chi connectivity index (χ1) is 10.2. The van der Waals surface area contributed by atoms with Crippen molar-refractivity contribution in [3.63, 3.8) is 0 Å². The molecule has 3 rings (SSSR count). The molecule has 0 spiro atoms. The van der Waals surface area contributed by atoms with E-state index in [2.05, 4.69) is 29.1 Å². The first-order valence-electron chi connectivity index (χ1n) is 7.63. The van der Waals surface area contributed by atoms with Crippen LogP contribution in [-0.2, 0) is 11.2 Å². The average molecular weight is 287 g/mol. The first-order valence-corrected chi connectivity index (χ1v) is 7.63. The number of aliphatic carboxylic acids is 1. The van der Waals surface area contributed by atoms with Crippen LogP contribution in [0.5, 0.6) is 0 Å². The van der Waals surface area contributed by atoms with Gasteiger partial charge in [-0.1, -0.05) is 6.92 Å². The SMILES string of the molecule is CCC1CCCCN1c1ccc2nc(CC(=O)O)cn2c1. The number of carbonyl (C=O) groups is 1. The van der Waals surface area contributed by atoms with Crippen molar-refractivity contribution in [2.24, 2.45) is 0 Å². The summed E-state index contributed by atoms with van der Waals surface area (Å²) in [5, 5.41) is 8.86. The van der Waals surface area contributed by atoms with Crippen LogP contribution < -0.4 is 4.90 Å². The van der Waals surface area contributed by atoms with Crippen molar-refractivity contribution in [3.05, 3.63) is 30.2 Å². The van der Waals surface area contributed by atoms with E-state index in [4.69, 9.17) is 5.11 Å². The Hall–Kier alpha value is -2.04. The molecule has 1 aliphatic heterocycles. The van der Waals surface area contributed by atoms with Gasteiger partial charge in [0.25, 0.3) is 0 Å². The van der Waals surface area contributed by atoms with E-state index < -0.39 is 5.97 Å². The number of pyridine rings is 1. The van der Waals surface area contributed by atoms with Crippen molar-refractivity contribution < 1.29 is 9.90 Å². The Morgan fingerprint density at radius 2 is 2.24 bits per heavy atom. The van der Waals surface area contributed by atoms with E-state index in [0.29, 0.717) is 11.7 Å². The maximum atomic E-state index is 10.8. The predicted octanol–water partition coefficient (Wildman–Crippen LogP) is 2.73. The lowest BCUT2D eigenvalue weighted by Gasteiger charge is -2.37. The number of piperidine rings is 1. The molecule has 1 N–H and O–H groups in total. The Labute approximate surface area is 124 Å². The summed E-state index contributed by atoms with van der Waals surface area (Å²) in [6, 6.07) is 4.68. The molecule has 3 heterocycles. The van der Waals surface area contributed by atoms with E-state index in [9.17, 15) is 4.79 Å². The largest absolute Gasteiger partial charge is 0.481 e. The fraction of sp³-hybridized carbons (Fsp3) is 0.500. The minimum Gasteiger partial charge on any atom is -0.481 e. The van der Waals surface area contributed by atoms with Crippen LogP contribution in [0.15, 0.2) is 24.5 Å². The van der Waals surface area contributed by atoms with E-state index in [1.165, 1.54) is 24.9 Å². The zero-order valence-corrected chi connectivity index (χ0v) is 12.3. The van der Waals surface area contributed by atoms with Crippen molar-refractivity contribution in [2.45, 2.75) is 45.1 Å². The Bertz CT molecular complexity index is 650. The summed E-state index contributed by atoms with van der Waals surface area (Å²) in [5.74, 6) is -0.847. The van der Waals surface area contributed by atoms with Gasteiger partial charge in [-0.25, -0.2) is 4.98 Å². The number of rotatable bonds is 4. The third-order valence-corrected chi connectivity index (χ3v) is 4.25. The first kappa shape index (κ1) is 13.9. The number of hydrogen-bond donors (Lipinski definition) is 1. The molecule has 1 aliphatic rings. The number of carboxylic acids is 1. The molecule has 1 atom stereocenters. The van der Waals surface area contributed by atoms with Gasteiger partial charge in [0.2, 0.25) is 0 Å². The summed E-state index contributed by atoms with van der Waals surface area (Å²) in [5.41, 5.74) is 2.61. The number of hydrogen-bond acceptors (Lipinski definition) is 3. The van der Waals surface area contributed by atoms with E-state index in [-0.39, 0.29) is 6.42 Å². The Morgan fingerprint density at radius 1 is 1.38 bits per heavy atom. The average Bonchev–Trinajstić information content (AvgIpc) is 2.87. The Morgan fingerprint density at radius 3 is 3.00 bits per heavy atom. The smallest absolute Gasteiger partial charge is 0.309 e. The van der Waals surface area contributed by atoms with Gasteiger partial charge in [0, 0.05) is 25.0 Å². The number of carboxylic acid groups (broad SMARTS) is 1. The van der Waals surface area contributed by atoms with Crippen LogP contribution in [0.25, 0.3) is 5.65 Å². The number of fused-ring (bicyclic) bond motifs is 1. The van der Waals surface area contributed by atoms with Crippen molar-refractivity contribution in [2.75, 3.05) is 11.4 Å². The van der Waals surface area contributed by atoms with Crippen LogP contribution >= 0.6 is 0 Å². The highest BCUT2D eigenvalue weighted by molar-refractivity contribution is 5.70. The summed E-state index contributed by atoms with van der Waals surface area (Å²) >= 11 is 0.